The average Bonchev–Trinajstić information content (AvgIpc) is 1.88. The summed E-state index contributed by atoms with van der Waals surface area (Å²) in [4.78, 5) is 10.0. The molecule has 0 aromatic heterocycles. The van der Waals surface area contributed by atoms with Crippen LogP contribution in [0.4, 0.5) is 4.79 Å². The normalized spacial score (nSPS) is 9.40. The molecule has 0 aromatic carbocycles. The van der Waals surface area contributed by atoms with E-state index in [9.17, 15) is 4.79 Å². The van der Waals surface area contributed by atoms with Crippen molar-refractivity contribution >= 4 is 6.09 Å². The zero-order valence-corrected chi connectivity index (χ0v) is 5.58. The van der Waals surface area contributed by atoms with E-state index in [1.807, 2.05) is 0 Å². The van der Waals surface area contributed by atoms with Gasteiger partial charge in [0.15, 0.2) is 0 Å². The molecule has 0 saturated carbocycles. The van der Waals surface area contributed by atoms with Gasteiger partial charge in [-0.15, -0.1) is 0 Å². The molecule has 0 heterocycles. The van der Waals surface area contributed by atoms with Crippen LogP contribution in [0.1, 0.15) is 6.42 Å². The van der Waals surface area contributed by atoms with Crippen molar-refractivity contribution in [2.45, 2.75) is 6.42 Å². The van der Waals surface area contributed by atoms with Crippen molar-refractivity contribution in [1.29, 1.82) is 0 Å². The minimum absolute atomic E-state index is 0.472. The molecule has 0 rings (SSSR count). The van der Waals surface area contributed by atoms with Crippen LogP contribution in [0.3, 0.4) is 0 Å². The predicted molar refractivity (Wildman–Crippen MR) is 35.7 cm³/mol. The van der Waals surface area contributed by atoms with Gasteiger partial charge >= 0.3 is 6.09 Å². The fourth-order valence-electron chi connectivity index (χ4n) is 0.369. The van der Waals surface area contributed by atoms with Crippen LogP contribution < -0.4 is 17.0 Å². The molecular formula is C4H12N4O2. The van der Waals surface area contributed by atoms with Crippen molar-refractivity contribution in [3.05, 3.63) is 0 Å². The summed E-state index contributed by atoms with van der Waals surface area (Å²) in [6.07, 6.45) is -0.516. The van der Waals surface area contributed by atoms with Gasteiger partial charge in [0.05, 0.1) is 0 Å². The molecule has 0 spiro atoms. The Kier molecular flexibility index (Phi) is 4.55. The molecule has 0 aliphatic heterocycles. The van der Waals surface area contributed by atoms with Crippen LogP contribution in [0.15, 0.2) is 0 Å². The van der Waals surface area contributed by atoms with Gasteiger partial charge in [-0.1, -0.05) is 0 Å². The molecule has 0 bridgehead atoms. The summed E-state index contributed by atoms with van der Waals surface area (Å²) in [6, 6.07) is 0. The highest BCUT2D eigenvalue weighted by Crippen LogP contribution is 1.73. The van der Waals surface area contributed by atoms with Crippen molar-refractivity contribution < 1.29 is 9.90 Å². The Morgan fingerprint density at radius 2 is 2.30 bits per heavy atom. The van der Waals surface area contributed by atoms with E-state index >= 15 is 0 Å². The minimum Gasteiger partial charge on any atom is -0.463 e. The standard InChI is InChI=1S/C4H12N4O2/c5-2-1-3-7-8(6)4(9)10/h7H,1-3,5-6H2,(H,9,10). The van der Waals surface area contributed by atoms with Gasteiger partial charge in [0, 0.05) is 6.54 Å². The Morgan fingerprint density at radius 3 is 2.70 bits per heavy atom. The van der Waals surface area contributed by atoms with E-state index in [4.69, 9.17) is 16.7 Å². The molecule has 6 heteroatoms. The van der Waals surface area contributed by atoms with Crippen molar-refractivity contribution in [3.8, 4) is 0 Å². The molecule has 0 saturated heterocycles. The maximum atomic E-state index is 10.0. The Bertz CT molecular complexity index is 107. The SMILES string of the molecule is NCCCNN(N)C(=O)O. The van der Waals surface area contributed by atoms with Gasteiger partial charge in [-0.3, -0.25) is 0 Å². The number of hydrazine groups is 2. The van der Waals surface area contributed by atoms with E-state index in [0.717, 1.165) is 0 Å². The second-order valence-electron chi connectivity index (χ2n) is 1.70. The minimum atomic E-state index is -1.21. The first-order valence-corrected chi connectivity index (χ1v) is 2.89. The highest BCUT2D eigenvalue weighted by Gasteiger charge is 2.02. The number of nitrogens with two attached hydrogens (primary N) is 2. The highest BCUT2D eigenvalue weighted by molar-refractivity contribution is 5.63. The second kappa shape index (κ2) is 4.98. The van der Waals surface area contributed by atoms with E-state index in [2.05, 4.69) is 5.43 Å². The molecule has 60 valence electrons. The van der Waals surface area contributed by atoms with Crippen LogP contribution in [-0.4, -0.2) is 29.4 Å². The fraction of sp³-hybridized carbons (Fsp3) is 0.750. The van der Waals surface area contributed by atoms with Crippen molar-refractivity contribution in [1.82, 2.24) is 10.5 Å². The topological polar surface area (TPSA) is 105 Å². The lowest BCUT2D eigenvalue weighted by atomic mass is 10.4. The fourth-order valence-corrected chi connectivity index (χ4v) is 0.369. The smallest absolute Gasteiger partial charge is 0.436 e. The molecular weight excluding hydrogens is 136 g/mol. The number of rotatable bonds is 4. The van der Waals surface area contributed by atoms with Crippen molar-refractivity contribution in [2.75, 3.05) is 13.1 Å². The maximum Gasteiger partial charge on any atom is 0.436 e. The largest absolute Gasteiger partial charge is 0.463 e. The van der Waals surface area contributed by atoms with Gasteiger partial charge in [0.25, 0.3) is 0 Å². The molecule has 6 N–H and O–H groups in total. The van der Waals surface area contributed by atoms with Gasteiger partial charge < -0.3 is 10.8 Å². The van der Waals surface area contributed by atoms with Crippen LogP contribution in [0, 0.1) is 0 Å². The molecule has 0 unspecified atom stereocenters. The zero-order chi connectivity index (χ0) is 7.98. The van der Waals surface area contributed by atoms with Gasteiger partial charge in [-0.05, 0) is 13.0 Å². The first-order chi connectivity index (χ1) is 4.68. The molecule has 0 radical (unpaired) electrons. The number of hydrogen-bond donors (Lipinski definition) is 4. The predicted octanol–water partition coefficient (Wildman–Crippen LogP) is -1.31. The Hall–Kier alpha value is -0.850. The molecule has 0 aliphatic carbocycles. The van der Waals surface area contributed by atoms with Crippen LogP contribution in [0.5, 0.6) is 0 Å². The Labute approximate surface area is 58.7 Å². The van der Waals surface area contributed by atoms with Crippen molar-refractivity contribution in [3.63, 3.8) is 0 Å². The van der Waals surface area contributed by atoms with Crippen molar-refractivity contribution in [2.24, 2.45) is 11.6 Å². The molecule has 1 amide bonds. The number of nitrogens with zero attached hydrogens (tertiary/aromatic N) is 1. The summed E-state index contributed by atoms with van der Waals surface area (Å²) in [5, 5.41) is 8.70. The number of nitrogens with one attached hydrogen (secondary N) is 1. The molecule has 0 fully saturated rings. The zero-order valence-electron chi connectivity index (χ0n) is 5.58. The number of carbonyl (C=O) groups is 1. The number of carboxylic acid groups (broad SMARTS) is 1. The average molecular weight is 148 g/mol. The summed E-state index contributed by atoms with van der Waals surface area (Å²) in [5.74, 6) is 4.94. The molecule has 6 nitrogen and oxygen atoms in total. The van der Waals surface area contributed by atoms with Crippen LogP contribution in [0.2, 0.25) is 0 Å². The van der Waals surface area contributed by atoms with Crippen LogP contribution in [-0.2, 0) is 0 Å². The van der Waals surface area contributed by atoms with Crippen LogP contribution >= 0.6 is 0 Å². The first-order valence-electron chi connectivity index (χ1n) is 2.89. The molecule has 0 aliphatic rings. The summed E-state index contributed by atoms with van der Waals surface area (Å²) in [6.45, 7) is 0.986. The second-order valence-corrected chi connectivity index (χ2v) is 1.70. The number of hydrogen-bond acceptors (Lipinski definition) is 4. The lowest BCUT2D eigenvalue weighted by Gasteiger charge is -2.12. The molecule has 0 aromatic rings. The molecule has 10 heavy (non-hydrogen) atoms. The van der Waals surface area contributed by atoms with Gasteiger partial charge in [0.1, 0.15) is 0 Å². The quantitative estimate of drug-likeness (QED) is 0.171. The van der Waals surface area contributed by atoms with Gasteiger partial charge in [-0.2, -0.15) is 5.12 Å². The Balaban J connectivity index is 3.21. The monoisotopic (exact) mass is 148 g/mol. The third-order valence-electron chi connectivity index (χ3n) is 0.869. The molecule has 0 atom stereocenters. The first kappa shape index (κ1) is 9.15. The lowest BCUT2D eigenvalue weighted by Crippen LogP contribution is -2.47. The lowest BCUT2D eigenvalue weighted by molar-refractivity contribution is 0.120. The highest BCUT2D eigenvalue weighted by atomic mass is 16.4. The summed E-state index contributed by atoms with van der Waals surface area (Å²) < 4.78 is 0. The van der Waals surface area contributed by atoms with E-state index in [1.165, 1.54) is 0 Å². The van der Waals surface area contributed by atoms with Gasteiger partial charge in [-0.25, -0.2) is 16.1 Å². The van der Waals surface area contributed by atoms with Crippen LogP contribution in [0.25, 0.3) is 0 Å². The van der Waals surface area contributed by atoms with E-state index < -0.39 is 6.09 Å². The third-order valence-corrected chi connectivity index (χ3v) is 0.869. The van der Waals surface area contributed by atoms with E-state index in [0.29, 0.717) is 24.6 Å². The Morgan fingerprint density at radius 1 is 1.70 bits per heavy atom. The third kappa shape index (κ3) is 4.07. The number of amides is 1. The van der Waals surface area contributed by atoms with E-state index in [-0.39, 0.29) is 0 Å². The summed E-state index contributed by atoms with van der Waals surface area (Å²) >= 11 is 0. The van der Waals surface area contributed by atoms with E-state index in [1.54, 1.807) is 0 Å². The summed E-state index contributed by atoms with van der Waals surface area (Å²) in [5.41, 5.74) is 7.56. The maximum absolute atomic E-state index is 10.0. The summed E-state index contributed by atoms with van der Waals surface area (Å²) in [7, 11) is 0. The van der Waals surface area contributed by atoms with Gasteiger partial charge in [0.2, 0.25) is 0 Å².